The number of furan rings is 1. The Morgan fingerprint density at radius 3 is 2.85 bits per heavy atom. The van der Waals surface area contributed by atoms with Gasteiger partial charge in [-0.25, -0.2) is 0 Å². The summed E-state index contributed by atoms with van der Waals surface area (Å²) in [6, 6.07) is 7.27. The largest absolute Gasteiger partial charge is 0.507 e. The summed E-state index contributed by atoms with van der Waals surface area (Å²) in [6.45, 7) is 4.05. The van der Waals surface area contributed by atoms with E-state index in [1.807, 2.05) is 19.9 Å². The average molecular weight is 286 g/mol. The summed E-state index contributed by atoms with van der Waals surface area (Å²) in [4.78, 5) is 1.14. The predicted molar refractivity (Wildman–Crippen MR) is 80.5 cm³/mol. The van der Waals surface area contributed by atoms with Gasteiger partial charge in [0.1, 0.15) is 11.4 Å². The van der Waals surface area contributed by atoms with Gasteiger partial charge in [-0.3, -0.25) is 0 Å². The number of nitrogens with zero attached hydrogens (tertiary/aromatic N) is 2. The third kappa shape index (κ3) is 2.20. The van der Waals surface area contributed by atoms with Gasteiger partial charge in [0, 0.05) is 16.3 Å². The normalized spacial score (nSPS) is 11.7. The van der Waals surface area contributed by atoms with E-state index in [4.69, 9.17) is 4.42 Å². The number of phenols is 1. The highest BCUT2D eigenvalue weighted by Crippen LogP contribution is 2.42. The summed E-state index contributed by atoms with van der Waals surface area (Å²) < 4.78 is 6.13. The Balaban J connectivity index is 2.19. The molecule has 0 unspecified atom stereocenters. The van der Waals surface area contributed by atoms with E-state index in [0.29, 0.717) is 11.6 Å². The lowest BCUT2D eigenvalue weighted by Gasteiger charge is -2.05. The molecule has 0 radical (unpaired) electrons. The van der Waals surface area contributed by atoms with Crippen molar-refractivity contribution in [2.75, 3.05) is 0 Å². The zero-order valence-electron chi connectivity index (χ0n) is 11.3. The van der Waals surface area contributed by atoms with E-state index in [1.165, 1.54) is 0 Å². The maximum absolute atomic E-state index is 10.1. The Bertz CT molecular complexity index is 773. The fourth-order valence-corrected chi connectivity index (χ4v) is 3.18. The fraction of sp³-hybridized carbons (Fsp3) is 0.200. The number of azo groups is 1. The van der Waals surface area contributed by atoms with Gasteiger partial charge >= 0.3 is 0 Å². The number of aryl methyl sites for hydroxylation is 2. The summed E-state index contributed by atoms with van der Waals surface area (Å²) in [7, 11) is 0. The molecule has 0 aliphatic heterocycles. The van der Waals surface area contributed by atoms with Gasteiger partial charge in [-0.2, -0.15) is 0 Å². The lowest BCUT2D eigenvalue weighted by molar-refractivity contribution is 0.481. The minimum absolute atomic E-state index is 0.304. The van der Waals surface area contributed by atoms with Crippen LogP contribution >= 0.6 is 11.3 Å². The van der Waals surface area contributed by atoms with Crippen LogP contribution in [-0.2, 0) is 6.42 Å². The van der Waals surface area contributed by atoms with Gasteiger partial charge < -0.3 is 9.52 Å². The van der Waals surface area contributed by atoms with E-state index in [-0.39, 0.29) is 0 Å². The number of hydrogen-bond donors (Lipinski definition) is 1. The molecule has 20 heavy (non-hydrogen) atoms. The topological polar surface area (TPSA) is 58.1 Å². The van der Waals surface area contributed by atoms with E-state index in [0.717, 1.165) is 32.6 Å². The van der Waals surface area contributed by atoms with Crippen LogP contribution in [0.15, 0.2) is 45.2 Å². The first-order valence-corrected chi connectivity index (χ1v) is 7.21. The lowest BCUT2D eigenvalue weighted by atomic mass is 10.1. The smallest absolute Gasteiger partial charge is 0.238 e. The molecule has 0 bridgehead atoms. The minimum Gasteiger partial charge on any atom is -0.507 e. The third-order valence-corrected chi connectivity index (χ3v) is 4.15. The lowest BCUT2D eigenvalue weighted by Crippen LogP contribution is -1.82. The van der Waals surface area contributed by atoms with Gasteiger partial charge in [-0.15, -0.1) is 21.6 Å². The van der Waals surface area contributed by atoms with Crippen molar-refractivity contribution in [1.29, 1.82) is 0 Å². The molecule has 5 heteroatoms. The van der Waals surface area contributed by atoms with Gasteiger partial charge in [-0.05, 0) is 37.1 Å². The molecule has 4 nitrogen and oxygen atoms in total. The molecule has 0 atom stereocenters. The van der Waals surface area contributed by atoms with Crippen LogP contribution in [0.25, 0.3) is 10.1 Å². The molecular weight excluding hydrogens is 272 g/mol. The number of aromatic hydroxyl groups is 1. The highest BCUT2D eigenvalue weighted by molar-refractivity contribution is 7.19. The van der Waals surface area contributed by atoms with Crippen molar-refractivity contribution in [3.05, 3.63) is 41.0 Å². The molecule has 1 N–H and O–H groups in total. The van der Waals surface area contributed by atoms with Crippen molar-refractivity contribution >= 4 is 33.0 Å². The molecule has 3 aromatic rings. The van der Waals surface area contributed by atoms with Crippen LogP contribution in [0.5, 0.6) is 5.75 Å². The van der Waals surface area contributed by atoms with Crippen LogP contribution in [0.4, 0.5) is 11.6 Å². The summed E-state index contributed by atoms with van der Waals surface area (Å²) in [6.07, 6.45) is 2.35. The monoisotopic (exact) mass is 286 g/mol. The molecule has 0 saturated heterocycles. The maximum atomic E-state index is 10.1. The Morgan fingerprint density at radius 2 is 2.15 bits per heavy atom. The molecule has 0 aliphatic rings. The zero-order valence-corrected chi connectivity index (χ0v) is 12.1. The van der Waals surface area contributed by atoms with Crippen molar-refractivity contribution in [3.63, 3.8) is 0 Å². The number of rotatable bonds is 3. The third-order valence-electron chi connectivity index (χ3n) is 3.10. The molecule has 0 fully saturated rings. The molecular formula is C15H14N2O2S. The van der Waals surface area contributed by atoms with Crippen molar-refractivity contribution < 1.29 is 9.52 Å². The summed E-state index contributed by atoms with van der Waals surface area (Å²) in [5.41, 5.74) is 1.79. The Morgan fingerprint density at radius 1 is 1.30 bits per heavy atom. The number of fused-ring (bicyclic) bond motifs is 1. The van der Waals surface area contributed by atoms with Crippen LogP contribution in [0, 0.1) is 6.92 Å². The summed E-state index contributed by atoms with van der Waals surface area (Å²) in [5.74, 6) is 0.778. The second kappa shape index (κ2) is 5.09. The second-order valence-electron chi connectivity index (χ2n) is 4.51. The highest BCUT2D eigenvalue weighted by Gasteiger charge is 2.13. The number of phenolic OH excluding ortho intramolecular Hbond substituents is 1. The Hall–Kier alpha value is -2.14. The first-order valence-electron chi connectivity index (χ1n) is 6.39. The molecule has 0 amide bonds. The first-order chi connectivity index (χ1) is 9.69. The highest BCUT2D eigenvalue weighted by atomic mass is 32.1. The second-order valence-corrected chi connectivity index (χ2v) is 5.76. The van der Waals surface area contributed by atoms with Gasteiger partial charge in [0.25, 0.3) is 0 Å². The molecule has 0 spiro atoms. The molecule has 2 aromatic heterocycles. The van der Waals surface area contributed by atoms with Crippen LogP contribution < -0.4 is 0 Å². The average Bonchev–Trinajstić information content (AvgIpc) is 3.06. The molecule has 1 aromatic carbocycles. The number of benzene rings is 1. The van der Waals surface area contributed by atoms with Crippen molar-refractivity contribution in [2.24, 2.45) is 10.2 Å². The van der Waals surface area contributed by atoms with Crippen molar-refractivity contribution in [3.8, 4) is 5.75 Å². The van der Waals surface area contributed by atoms with Crippen molar-refractivity contribution in [2.45, 2.75) is 20.3 Å². The van der Waals surface area contributed by atoms with Crippen LogP contribution in [-0.4, -0.2) is 5.11 Å². The van der Waals surface area contributed by atoms with E-state index in [1.54, 1.807) is 35.8 Å². The number of thiophene rings is 1. The quantitative estimate of drug-likeness (QED) is 0.647. The SMILES string of the molecule is CCc1cc(O)c2cc(C)sc2c1/N=N/c1ccco1. The van der Waals surface area contributed by atoms with E-state index in [2.05, 4.69) is 10.2 Å². The summed E-state index contributed by atoms with van der Waals surface area (Å²) >= 11 is 1.62. The summed E-state index contributed by atoms with van der Waals surface area (Å²) in [5, 5.41) is 19.4. The van der Waals surface area contributed by atoms with Gasteiger partial charge in [0.05, 0.1) is 11.0 Å². The Kier molecular flexibility index (Phi) is 3.28. The Labute approximate surface area is 120 Å². The molecule has 2 heterocycles. The molecule has 0 saturated carbocycles. The van der Waals surface area contributed by atoms with E-state index in [9.17, 15) is 5.11 Å². The van der Waals surface area contributed by atoms with E-state index >= 15 is 0 Å². The predicted octanol–water partition coefficient (Wildman–Crippen LogP) is 5.49. The maximum Gasteiger partial charge on any atom is 0.238 e. The van der Waals surface area contributed by atoms with Crippen LogP contribution in [0.1, 0.15) is 17.4 Å². The van der Waals surface area contributed by atoms with E-state index < -0.39 is 0 Å². The first kappa shape index (κ1) is 12.9. The van der Waals surface area contributed by atoms with Crippen LogP contribution in [0.3, 0.4) is 0 Å². The number of hydrogen-bond acceptors (Lipinski definition) is 5. The minimum atomic E-state index is 0.304. The molecule has 0 aliphatic carbocycles. The molecule has 3 rings (SSSR count). The van der Waals surface area contributed by atoms with Crippen LogP contribution in [0.2, 0.25) is 0 Å². The van der Waals surface area contributed by atoms with Gasteiger partial charge in [0.15, 0.2) is 0 Å². The fourth-order valence-electron chi connectivity index (χ4n) is 2.14. The van der Waals surface area contributed by atoms with Gasteiger partial charge in [0.2, 0.25) is 5.88 Å². The van der Waals surface area contributed by atoms with Crippen molar-refractivity contribution in [1.82, 2.24) is 0 Å². The molecule has 102 valence electrons. The zero-order chi connectivity index (χ0) is 14.1. The standard InChI is InChI=1S/C15H14N2O2S/c1-3-10-8-12(18)11-7-9(2)20-15(11)14(10)17-16-13-5-4-6-19-13/h4-8,18H,3H2,1-2H3/b17-16+. The van der Waals surface area contributed by atoms with Gasteiger partial charge in [-0.1, -0.05) is 6.92 Å².